The molecule has 0 aliphatic carbocycles. The summed E-state index contributed by atoms with van der Waals surface area (Å²) in [6, 6.07) is 5.45. The van der Waals surface area contributed by atoms with Crippen molar-refractivity contribution in [1.29, 1.82) is 0 Å². The second kappa shape index (κ2) is 8.11. The van der Waals surface area contributed by atoms with Crippen LogP contribution < -0.4 is 108 Å². The maximum absolute atomic E-state index is 11.5. The van der Waals surface area contributed by atoms with Crippen LogP contribution in [0.25, 0.3) is 10.8 Å². The van der Waals surface area contributed by atoms with E-state index in [1.807, 2.05) is 0 Å². The van der Waals surface area contributed by atoms with Crippen LogP contribution in [-0.4, -0.2) is 25.9 Å². The van der Waals surface area contributed by atoms with Crippen molar-refractivity contribution in [2.45, 2.75) is 9.79 Å². The molecule has 0 amide bonds. The Balaban J connectivity index is 0.00000200. The first-order valence-electron chi connectivity index (χ1n) is 4.78. The summed E-state index contributed by atoms with van der Waals surface area (Å²) in [4.78, 5) is -1.98. The minimum absolute atomic E-state index is 0. The Kier molecular flexibility index (Phi) is 8.73. The van der Waals surface area contributed by atoms with Crippen LogP contribution >= 0.6 is 0 Å². The van der Waals surface area contributed by atoms with Crippen LogP contribution in [0.15, 0.2) is 40.1 Å². The van der Waals surface area contributed by atoms with E-state index >= 15 is 0 Å². The standard InChI is InChI=1S/C10H8O7S2.2K/c11-7-5-4-6-2-1-3-8(18(12,13)14)9(6)10(7)19(15,16)17;;/h1-5,11H,(H,12,13,14)(H,15,16,17);;/q;2*+1/p-2. The molecule has 2 rings (SSSR count). The first-order valence-corrected chi connectivity index (χ1v) is 7.63. The molecule has 0 fully saturated rings. The molecule has 0 atom stereocenters. The molecule has 0 aliphatic rings. The van der Waals surface area contributed by atoms with Gasteiger partial charge in [-0.2, -0.15) is 8.42 Å². The first kappa shape index (κ1) is 22.6. The first-order chi connectivity index (χ1) is 8.62. The van der Waals surface area contributed by atoms with Crippen molar-refractivity contribution >= 4 is 31.0 Å². The summed E-state index contributed by atoms with van der Waals surface area (Å²) in [5.41, 5.74) is 0. The van der Waals surface area contributed by atoms with Crippen LogP contribution in [0.4, 0.5) is 0 Å². The van der Waals surface area contributed by atoms with E-state index in [0.29, 0.717) is 0 Å². The van der Waals surface area contributed by atoms with Gasteiger partial charge in [-0.15, -0.1) is 0 Å². The summed E-state index contributed by atoms with van der Waals surface area (Å²) in [5, 5.41) is 11.0. The zero-order valence-electron chi connectivity index (χ0n) is 11.1. The predicted octanol–water partition coefficient (Wildman–Crippen LogP) is -5.93. The van der Waals surface area contributed by atoms with Gasteiger partial charge in [-0.1, -0.05) is 30.0 Å². The smallest absolute Gasteiger partial charge is 0.872 e. The third-order valence-electron chi connectivity index (χ3n) is 2.45. The molecule has 0 radical (unpaired) electrons. The second-order valence-corrected chi connectivity index (χ2v) is 6.38. The van der Waals surface area contributed by atoms with Gasteiger partial charge in [0.2, 0.25) is 0 Å². The minimum atomic E-state index is -4.99. The van der Waals surface area contributed by atoms with Crippen LogP contribution in [0.5, 0.6) is 5.75 Å². The van der Waals surface area contributed by atoms with Crippen molar-refractivity contribution in [2.24, 2.45) is 0 Å². The molecule has 21 heavy (non-hydrogen) atoms. The fraction of sp³-hybridized carbons (Fsp3) is 0. The van der Waals surface area contributed by atoms with Crippen molar-refractivity contribution in [2.75, 3.05) is 0 Å². The van der Waals surface area contributed by atoms with Gasteiger partial charge in [0.1, 0.15) is 10.1 Å². The van der Waals surface area contributed by atoms with Gasteiger partial charge in [0.05, 0.1) is 9.79 Å². The summed E-state index contributed by atoms with van der Waals surface area (Å²) >= 11 is 0. The van der Waals surface area contributed by atoms with E-state index in [9.17, 15) is 26.5 Å². The van der Waals surface area contributed by atoms with Crippen LogP contribution in [0.1, 0.15) is 0 Å². The average molecular weight is 380 g/mol. The van der Waals surface area contributed by atoms with Crippen molar-refractivity contribution in [3.05, 3.63) is 30.3 Å². The van der Waals surface area contributed by atoms with Crippen molar-refractivity contribution < 1.29 is 134 Å². The van der Waals surface area contributed by atoms with Crippen molar-refractivity contribution in [1.82, 2.24) is 0 Å². The Labute approximate surface area is 206 Å². The van der Waals surface area contributed by atoms with E-state index in [1.165, 1.54) is 18.2 Å². The fourth-order valence-corrected chi connectivity index (χ4v) is 3.35. The normalized spacial score (nSPS) is 11.5. The molecule has 0 saturated carbocycles. The molecule has 1 N–H and O–H groups in total. The second-order valence-electron chi connectivity index (χ2n) is 3.68. The van der Waals surface area contributed by atoms with Gasteiger partial charge < -0.3 is 9.66 Å². The molecule has 2 aromatic carbocycles. The summed E-state index contributed by atoms with van der Waals surface area (Å²) in [6.07, 6.45) is 0. The fourth-order valence-electron chi connectivity index (χ4n) is 1.76. The molecule has 7 nitrogen and oxygen atoms in total. The topological polar surface area (TPSA) is 135 Å². The minimum Gasteiger partial charge on any atom is -0.872 e. The predicted molar refractivity (Wildman–Crippen MR) is 61.2 cm³/mol. The molecule has 0 aromatic heterocycles. The monoisotopic (exact) mass is 380 g/mol. The van der Waals surface area contributed by atoms with E-state index < -0.39 is 41.2 Å². The molecule has 11 heteroatoms. The Hall–Kier alpha value is 1.59. The zero-order chi connectivity index (χ0) is 14.4. The molecule has 0 aliphatic heterocycles. The van der Waals surface area contributed by atoms with Gasteiger partial charge in [-0.3, -0.25) is 4.55 Å². The molecule has 0 unspecified atom stereocenters. The molecular formula is C10H6K2O7S2. The van der Waals surface area contributed by atoms with Crippen LogP contribution in [0.2, 0.25) is 0 Å². The van der Waals surface area contributed by atoms with Crippen molar-refractivity contribution in [3.63, 3.8) is 0 Å². The molecular weight excluding hydrogens is 374 g/mol. The van der Waals surface area contributed by atoms with E-state index in [4.69, 9.17) is 4.55 Å². The van der Waals surface area contributed by atoms with E-state index in [-0.39, 0.29) is 108 Å². The third-order valence-corrected chi connectivity index (χ3v) is 4.25. The van der Waals surface area contributed by atoms with Gasteiger partial charge in [-0.25, -0.2) is 8.42 Å². The van der Waals surface area contributed by atoms with Crippen LogP contribution in [0.3, 0.4) is 0 Å². The van der Waals surface area contributed by atoms with Crippen molar-refractivity contribution in [3.8, 4) is 5.75 Å². The van der Waals surface area contributed by atoms with E-state index in [1.54, 1.807) is 0 Å². The molecule has 0 spiro atoms. The Bertz CT molecular complexity index is 876. The molecule has 0 heterocycles. The zero-order valence-corrected chi connectivity index (χ0v) is 19.0. The van der Waals surface area contributed by atoms with Gasteiger partial charge in [-0.05, 0) is 11.5 Å². The van der Waals surface area contributed by atoms with Gasteiger partial charge in [0, 0.05) is 5.39 Å². The maximum atomic E-state index is 11.5. The van der Waals surface area contributed by atoms with E-state index in [0.717, 1.165) is 12.1 Å². The number of rotatable bonds is 2. The number of hydrogen-bond acceptors (Lipinski definition) is 6. The SMILES string of the molecule is O=S(=O)([O-])c1cccc2ccc([O-])c(S(=O)(=O)O)c12.[K+].[K+]. The summed E-state index contributed by atoms with van der Waals surface area (Å²) < 4.78 is 64.8. The van der Waals surface area contributed by atoms with Crippen LogP contribution in [0, 0.1) is 0 Å². The Morgan fingerprint density at radius 1 is 0.952 bits per heavy atom. The average Bonchev–Trinajstić information content (AvgIpc) is 2.24. The summed E-state index contributed by atoms with van der Waals surface area (Å²) in [6.45, 7) is 0. The quantitative estimate of drug-likeness (QED) is 0.405. The third kappa shape index (κ3) is 5.03. The largest absolute Gasteiger partial charge is 1.00 e. The summed E-state index contributed by atoms with van der Waals surface area (Å²) in [7, 11) is -9.95. The summed E-state index contributed by atoms with van der Waals surface area (Å²) in [5.74, 6) is -1.09. The molecule has 2 aromatic rings. The molecule has 102 valence electrons. The Morgan fingerprint density at radius 2 is 1.52 bits per heavy atom. The molecule has 0 bridgehead atoms. The molecule has 0 saturated heterocycles. The van der Waals surface area contributed by atoms with Crippen LogP contribution in [-0.2, 0) is 20.2 Å². The van der Waals surface area contributed by atoms with Gasteiger partial charge in [0.15, 0.2) is 0 Å². The number of hydrogen-bond donors (Lipinski definition) is 1. The maximum Gasteiger partial charge on any atom is 1.00 e. The number of benzene rings is 2. The van der Waals surface area contributed by atoms with Gasteiger partial charge >= 0.3 is 103 Å². The number of fused-ring (bicyclic) bond motifs is 1. The Morgan fingerprint density at radius 3 is 2.00 bits per heavy atom. The van der Waals surface area contributed by atoms with Gasteiger partial charge in [0.25, 0.3) is 10.1 Å². The van der Waals surface area contributed by atoms with E-state index in [2.05, 4.69) is 0 Å².